The van der Waals surface area contributed by atoms with Gasteiger partial charge in [0, 0.05) is 80.4 Å². The molecule has 0 atom stereocenters. The Hall–Kier alpha value is -0.460. The van der Waals surface area contributed by atoms with Crippen LogP contribution in [-0.2, 0) is 22.4 Å². The van der Waals surface area contributed by atoms with Gasteiger partial charge in [-0.05, 0) is 0 Å². The molecule has 0 aromatic heterocycles. The van der Waals surface area contributed by atoms with Gasteiger partial charge in [0.25, 0.3) is 0 Å². The van der Waals surface area contributed by atoms with Gasteiger partial charge in [-0.1, -0.05) is 0 Å². The average molecular weight is 495 g/mol. The van der Waals surface area contributed by atoms with Crippen molar-refractivity contribution in [3.05, 3.63) is 0 Å². The maximum atomic E-state index is 8.77. The van der Waals surface area contributed by atoms with E-state index < -0.39 is 27.1 Å². The first kappa shape index (κ1) is 37.1. The van der Waals surface area contributed by atoms with Crippen LogP contribution >= 0.6 is 58.0 Å². The Morgan fingerprint density at radius 1 is 0.429 bits per heavy atom. The minimum absolute atomic E-state index is 0. The van der Waals surface area contributed by atoms with Crippen LogP contribution in [0.2, 0.25) is 0 Å². The molecular weight excluding hydrogens is 490 g/mol. The predicted molar refractivity (Wildman–Crippen MR) is 69.4 cm³/mol. The topological polar surface area (TPSA) is 186 Å². The molecule has 0 rings (SSSR count). The summed E-state index contributed by atoms with van der Waals surface area (Å²) >= 11 is 21.0. The van der Waals surface area contributed by atoms with Gasteiger partial charge in [-0.2, -0.15) is 0 Å². The van der Waals surface area contributed by atoms with E-state index in [2.05, 4.69) is 58.0 Å². The zero-order chi connectivity index (χ0) is 17.9. The fourth-order valence-electron chi connectivity index (χ4n) is 0. The van der Waals surface area contributed by atoms with E-state index in [4.69, 9.17) is 49.5 Å². The Bertz CT molecular complexity index is 221. The normalized spacial score (nSPS) is 5.95. The van der Waals surface area contributed by atoms with E-state index in [-0.39, 0.29) is 22.4 Å². The molecule has 16 heteroatoms. The van der Waals surface area contributed by atoms with Gasteiger partial charge in [0.15, 0.2) is 0 Å². The molecule has 5 N–H and O–H groups in total. The largest absolute Gasteiger partial charge is 0.469 e. The fraction of sp³-hybridized carbons (Fsp3) is 0. The second-order valence-electron chi connectivity index (χ2n) is 1.26. The minimum atomic E-state index is -1.36. The predicted octanol–water partition coefficient (Wildman–Crippen LogP) is 4.51. The summed E-state index contributed by atoms with van der Waals surface area (Å²) in [6, 6.07) is 0. The van der Waals surface area contributed by atoms with Crippen molar-refractivity contribution in [1.29, 1.82) is 0 Å². The second kappa shape index (κ2) is 31.8. The summed E-state index contributed by atoms with van der Waals surface area (Å²) in [7, 11) is 0. The molecule has 1 radical (unpaired) electrons. The van der Waals surface area contributed by atoms with Crippen LogP contribution in [0.25, 0.3) is 0 Å². The summed E-state index contributed by atoms with van der Waals surface area (Å²) in [5.41, 5.74) is -6.81. The van der Waals surface area contributed by atoms with E-state index in [0.29, 0.717) is 0 Å². The van der Waals surface area contributed by atoms with E-state index in [1.165, 1.54) is 0 Å². The molecule has 0 saturated carbocycles. The molecule has 0 unspecified atom stereocenters. The zero-order valence-corrected chi connectivity index (χ0v) is 15.1. The van der Waals surface area contributed by atoms with Crippen molar-refractivity contribution in [1.82, 2.24) is 0 Å². The molecule has 0 amide bonds. The van der Waals surface area contributed by atoms with Crippen LogP contribution in [-0.4, -0.2) is 52.7 Å². The first-order chi connectivity index (χ1) is 8.66. The second-order valence-corrected chi connectivity index (χ2v) is 2.88. The molecule has 0 heterocycles. The van der Waals surface area contributed by atoms with Crippen LogP contribution in [0.4, 0.5) is 24.0 Å². The Balaban J connectivity index is -0.0000000331. The van der Waals surface area contributed by atoms with Crippen LogP contribution in [0.1, 0.15) is 0 Å². The Morgan fingerprint density at radius 2 is 0.429 bits per heavy atom. The molecule has 0 spiro atoms. The summed E-state index contributed by atoms with van der Waals surface area (Å²) in [4.78, 5) is 43.8. The average Bonchev–Trinajstić information content (AvgIpc) is 1.94. The molecule has 0 aliphatic heterocycles. The van der Waals surface area contributed by atoms with Gasteiger partial charge in [-0.25, -0.2) is 24.0 Å². The Morgan fingerprint density at radius 3 is 0.429 bits per heavy atom. The van der Waals surface area contributed by atoms with Crippen molar-refractivity contribution >= 4 is 85.1 Å². The van der Waals surface area contributed by atoms with Crippen molar-refractivity contribution in [3.63, 3.8) is 0 Å². The van der Waals surface area contributed by atoms with Gasteiger partial charge < -0.3 is 25.5 Å². The molecule has 0 fully saturated rings. The quantitative estimate of drug-likeness (QED) is 0.236. The van der Waals surface area contributed by atoms with Gasteiger partial charge >= 0.3 is 27.1 Å². The van der Waals surface area contributed by atoms with E-state index in [1.54, 1.807) is 0 Å². The van der Waals surface area contributed by atoms with Crippen molar-refractivity contribution in [2.75, 3.05) is 0 Å². The Labute approximate surface area is 156 Å². The fourth-order valence-corrected chi connectivity index (χ4v) is 0. The summed E-state index contributed by atoms with van der Waals surface area (Å²) in [5, 5.41) is 35.9. The first-order valence-corrected chi connectivity index (χ1v) is 4.97. The zero-order valence-electron chi connectivity index (χ0n) is 9.11. The number of halogens is 5. The van der Waals surface area contributed by atoms with Crippen LogP contribution in [0.15, 0.2) is 0 Å². The molecule has 21 heavy (non-hydrogen) atoms. The third kappa shape index (κ3) is 28400. The number of hydrogen-bond acceptors (Lipinski definition) is 5. The summed E-state index contributed by atoms with van der Waals surface area (Å²) in [6.45, 7) is 0. The van der Waals surface area contributed by atoms with E-state index in [9.17, 15) is 0 Å². The van der Waals surface area contributed by atoms with Crippen LogP contribution in [0, 0.1) is 0 Å². The first-order valence-electron chi connectivity index (χ1n) is 3.08. The number of rotatable bonds is 0. The summed E-state index contributed by atoms with van der Waals surface area (Å²) in [5.74, 6) is 0. The smallest absolute Gasteiger partial charge is 0.401 e. The van der Waals surface area contributed by atoms with Gasteiger partial charge in [-0.3, -0.25) is 0 Å². The number of carbonyl (C=O) groups is 5. The van der Waals surface area contributed by atoms with Crippen LogP contribution in [0.3, 0.4) is 0 Å². The SMILES string of the molecule is O=C(O)Cl.O=C(O)Cl.O=C(O)Cl.O=C(O)Cl.O=C(O)Cl.[Nb]. The third-order valence-electron chi connectivity index (χ3n) is 0. The molecule has 0 bridgehead atoms. The van der Waals surface area contributed by atoms with E-state index in [0.717, 1.165) is 0 Å². The van der Waals surface area contributed by atoms with Crippen molar-refractivity contribution in [3.8, 4) is 0 Å². The maximum Gasteiger partial charge on any atom is 0.401 e. The van der Waals surface area contributed by atoms with Crippen LogP contribution in [0.5, 0.6) is 0 Å². The van der Waals surface area contributed by atoms with E-state index in [1.807, 2.05) is 0 Å². The summed E-state index contributed by atoms with van der Waals surface area (Å²) < 4.78 is 0. The maximum absolute atomic E-state index is 8.77. The monoisotopic (exact) mass is 493 g/mol. The molecule has 0 aliphatic rings. The van der Waals surface area contributed by atoms with Crippen molar-refractivity contribution < 1.29 is 71.9 Å². The van der Waals surface area contributed by atoms with Crippen molar-refractivity contribution in [2.45, 2.75) is 0 Å². The van der Waals surface area contributed by atoms with Crippen molar-refractivity contribution in [2.24, 2.45) is 0 Å². The van der Waals surface area contributed by atoms with E-state index >= 15 is 0 Å². The molecule has 10 nitrogen and oxygen atoms in total. The standard InChI is InChI=1S/5CHClO2.Nb/c5*2-1(3)4;/h5*(H,3,4);. The number of hydrogen-bond donors (Lipinski definition) is 5. The summed E-state index contributed by atoms with van der Waals surface area (Å²) in [6.07, 6.45) is 0. The van der Waals surface area contributed by atoms with Gasteiger partial charge in [0.1, 0.15) is 0 Å². The molecular formula is C5H5Cl5NbO10. The van der Waals surface area contributed by atoms with Gasteiger partial charge in [0.2, 0.25) is 0 Å². The molecule has 0 aromatic rings. The molecule has 0 aromatic carbocycles. The number of carboxylic acid groups (broad SMARTS) is 5. The minimum Gasteiger partial charge on any atom is -0.469 e. The third-order valence-corrected chi connectivity index (χ3v) is 0. The van der Waals surface area contributed by atoms with Gasteiger partial charge in [0.05, 0.1) is 0 Å². The molecule has 125 valence electrons. The molecule has 0 aliphatic carbocycles. The Kier molecular flexibility index (Phi) is 56.1. The van der Waals surface area contributed by atoms with Crippen LogP contribution < -0.4 is 0 Å². The van der Waals surface area contributed by atoms with Gasteiger partial charge in [-0.15, -0.1) is 0 Å². The molecule has 0 saturated heterocycles.